The molecule has 18 heavy (non-hydrogen) atoms. The van der Waals surface area contributed by atoms with Crippen LogP contribution in [0.15, 0.2) is 36.4 Å². The number of hydrogen-bond acceptors (Lipinski definition) is 2. The first-order valence-electron chi connectivity index (χ1n) is 5.34. The van der Waals surface area contributed by atoms with Gasteiger partial charge in [0.05, 0.1) is 5.69 Å². The lowest BCUT2D eigenvalue weighted by molar-refractivity contribution is 0.619. The summed E-state index contributed by atoms with van der Waals surface area (Å²) in [5.74, 6) is -0.952. The molecule has 2 aromatic rings. The molecule has 0 aliphatic heterocycles. The van der Waals surface area contributed by atoms with Gasteiger partial charge in [-0.1, -0.05) is 12.1 Å². The lowest BCUT2D eigenvalue weighted by Gasteiger charge is -2.11. The largest absolute Gasteiger partial charge is 0.354 e. The Morgan fingerprint density at radius 3 is 2.28 bits per heavy atom. The minimum Gasteiger partial charge on any atom is -0.354 e. The highest BCUT2D eigenvalue weighted by molar-refractivity contribution is 5.68. The maximum atomic E-state index is 13.4. The first-order chi connectivity index (χ1) is 8.63. The maximum absolute atomic E-state index is 13.4. The number of hydrogen-bond donors (Lipinski definition) is 1. The van der Waals surface area contributed by atoms with Crippen LogP contribution in [-0.2, 0) is 0 Å². The average molecular weight is 244 g/mol. The number of benzene rings is 2. The van der Waals surface area contributed by atoms with E-state index >= 15 is 0 Å². The summed E-state index contributed by atoms with van der Waals surface area (Å²) >= 11 is 0. The molecule has 0 radical (unpaired) electrons. The Hall–Kier alpha value is -2.41. The van der Waals surface area contributed by atoms with Crippen LogP contribution in [0.4, 0.5) is 20.2 Å². The van der Waals surface area contributed by atoms with E-state index in [0.29, 0.717) is 16.9 Å². The van der Waals surface area contributed by atoms with Crippen molar-refractivity contribution < 1.29 is 8.78 Å². The van der Waals surface area contributed by atoms with E-state index in [-0.39, 0.29) is 11.4 Å². The highest BCUT2D eigenvalue weighted by atomic mass is 19.1. The molecule has 0 saturated heterocycles. The predicted octanol–water partition coefficient (Wildman–Crippen LogP) is 3.89. The second-order valence-electron chi connectivity index (χ2n) is 3.81. The molecule has 90 valence electrons. The van der Waals surface area contributed by atoms with Crippen LogP contribution in [0.1, 0.15) is 11.1 Å². The highest BCUT2D eigenvalue weighted by Crippen LogP contribution is 2.25. The van der Waals surface area contributed by atoms with Crippen molar-refractivity contribution in [3.05, 3.63) is 59.2 Å². The van der Waals surface area contributed by atoms with Gasteiger partial charge in [-0.3, -0.25) is 0 Å². The Balaban J connectivity index is 2.44. The van der Waals surface area contributed by atoms with Gasteiger partial charge in [0.25, 0.3) is 0 Å². The van der Waals surface area contributed by atoms with E-state index in [9.17, 15) is 8.78 Å². The Labute approximate surface area is 103 Å². The minimum absolute atomic E-state index is 0.0823. The van der Waals surface area contributed by atoms with Crippen LogP contribution in [0.3, 0.4) is 0 Å². The van der Waals surface area contributed by atoms with Crippen LogP contribution in [0.2, 0.25) is 0 Å². The smallest absolute Gasteiger partial charge is 0.143 e. The lowest BCUT2D eigenvalue weighted by atomic mass is 10.1. The van der Waals surface area contributed by atoms with Crippen LogP contribution >= 0.6 is 0 Å². The third-order valence-electron chi connectivity index (χ3n) is 2.66. The summed E-state index contributed by atoms with van der Waals surface area (Å²) in [5, 5.41) is 11.8. The van der Waals surface area contributed by atoms with Gasteiger partial charge in [-0.2, -0.15) is 5.26 Å². The summed E-state index contributed by atoms with van der Waals surface area (Å²) < 4.78 is 26.8. The molecule has 2 rings (SSSR count). The number of nitriles is 1. The third kappa shape index (κ3) is 2.16. The van der Waals surface area contributed by atoms with Crippen molar-refractivity contribution in [1.82, 2.24) is 0 Å². The van der Waals surface area contributed by atoms with Gasteiger partial charge in [-0.05, 0) is 31.2 Å². The first-order valence-corrected chi connectivity index (χ1v) is 5.34. The quantitative estimate of drug-likeness (QED) is 0.869. The zero-order valence-electron chi connectivity index (χ0n) is 9.67. The second kappa shape index (κ2) is 4.84. The van der Waals surface area contributed by atoms with Gasteiger partial charge in [0.15, 0.2) is 0 Å². The van der Waals surface area contributed by atoms with E-state index in [1.54, 1.807) is 31.2 Å². The fourth-order valence-corrected chi connectivity index (χ4v) is 1.63. The molecule has 0 saturated carbocycles. The standard InChI is InChI=1S/C14H10F2N2/c1-9-11(15)4-2-6-13(9)18-14-7-3-5-12(16)10(14)8-17/h2-7,18H,1H3. The van der Waals surface area contributed by atoms with Crippen LogP contribution in [0.5, 0.6) is 0 Å². The van der Waals surface area contributed by atoms with Crippen molar-refractivity contribution in [2.45, 2.75) is 6.92 Å². The predicted molar refractivity (Wildman–Crippen MR) is 65.5 cm³/mol. The van der Waals surface area contributed by atoms with Crippen molar-refractivity contribution in [1.29, 1.82) is 5.26 Å². The van der Waals surface area contributed by atoms with E-state index < -0.39 is 5.82 Å². The monoisotopic (exact) mass is 244 g/mol. The molecular formula is C14H10F2N2. The molecule has 0 fully saturated rings. The van der Waals surface area contributed by atoms with Gasteiger partial charge in [-0.25, -0.2) is 8.78 Å². The van der Waals surface area contributed by atoms with Gasteiger partial charge in [0, 0.05) is 11.3 Å². The summed E-state index contributed by atoms with van der Waals surface area (Å²) in [6, 6.07) is 10.6. The molecule has 0 heterocycles. The van der Waals surface area contributed by atoms with Crippen LogP contribution < -0.4 is 5.32 Å². The van der Waals surface area contributed by atoms with Crippen LogP contribution in [0, 0.1) is 29.9 Å². The molecule has 2 aromatic carbocycles. The summed E-state index contributed by atoms with van der Waals surface area (Å²) in [5.41, 5.74) is 1.18. The summed E-state index contributed by atoms with van der Waals surface area (Å²) in [6.45, 7) is 1.61. The van der Waals surface area contributed by atoms with Crippen molar-refractivity contribution in [2.75, 3.05) is 5.32 Å². The molecule has 0 aliphatic carbocycles. The topological polar surface area (TPSA) is 35.8 Å². The van der Waals surface area contributed by atoms with Crippen molar-refractivity contribution in [3.63, 3.8) is 0 Å². The van der Waals surface area contributed by atoms with E-state index in [2.05, 4.69) is 5.32 Å². The molecule has 0 atom stereocenters. The average Bonchev–Trinajstić information content (AvgIpc) is 2.35. The summed E-state index contributed by atoms with van der Waals surface area (Å²) in [7, 11) is 0. The molecule has 0 aliphatic rings. The lowest BCUT2D eigenvalue weighted by Crippen LogP contribution is -1.98. The first kappa shape index (κ1) is 12.1. The zero-order chi connectivity index (χ0) is 13.1. The highest BCUT2D eigenvalue weighted by Gasteiger charge is 2.09. The molecular weight excluding hydrogens is 234 g/mol. The van der Waals surface area contributed by atoms with E-state index in [4.69, 9.17) is 5.26 Å². The summed E-state index contributed by atoms with van der Waals surface area (Å²) in [6.07, 6.45) is 0. The second-order valence-corrected chi connectivity index (χ2v) is 3.81. The SMILES string of the molecule is Cc1c(F)cccc1Nc1cccc(F)c1C#N. The van der Waals surface area contributed by atoms with Gasteiger partial charge >= 0.3 is 0 Å². The van der Waals surface area contributed by atoms with Crippen LogP contribution in [0.25, 0.3) is 0 Å². The van der Waals surface area contributed by atoms with Crippen LogP contribution in [-0.4, -0.2) is 0 Å². The van der Waals surface area contributed by atoms with Gasteiger partial charge in [0.1, 0.15) is 23.3 Å². The molecule has 0 bridgehead atoms. The Morgan fingerprint density at radius 2 is 1.61 bits per heavy atom. The molecule has 0 amide bonds. The van der Waals surface area contributed by atoms with Crippen molar-refractivity contribution >= 4 is 11.4 Å². The number of nitrogens with zero attached hydrogens (tertiary/aromatic N) is 1. The van der Waals surface area contributed by atoms with Crippen molar-refractivity contribution in [3.8, 4) is 6.07 Å². The van der Waals surface area contributed by atoms with E-state index in [1.807, 2.05) is 0 Å². The molecule has 0 aromatic heterocycles. The molecule has 0 unspecified atom stereocenters. The maximum Gasteiger partial charge on any atom is 0.143 e. The number of rotatable bonds is 2. The molecule has 0 spiro atoms. The number of halogens is 2. The fraction of sp³-hybridized carbons (Fsp3) is 0.0714. The summed E-state index contributed by atoms with van der Waals surface area (Å²) in [4.78, 5) is 0. The third-order valence-corrected chi connectivity index (χ3v) is 2.66. The Morgan fingerprint density at radius 1 is 1.00 bits per heavy atom. The molecule has 1 N–H and O–H groups in total. The fourth-order valence-electron chi connectivity index (χ4n) is 1.63. The number of nitrogens with one attached hydrogen (secondary N) is 1. The van der Waals surface area contributed by atoms with Gasteiger partial charge < -0.3 is 5.32 Å². The Kier molecular flexibility index (Phi) is 3.24. The normalized spacial score (nSPS) is 9.89. The Bertz CT molecular complexity index is 630. The molecule has 4 heteroatoms. The van der Waals surface area contributed by atoms with E-state index in [1.165, 1.54) is 18.2 Å². The van der Waals surface area contributed by atoms with Crippen molar-refractivity contribution in [2.24, 2.45) is 0 Å². The zero-order valence-corrected chi connectivity index (χ0v) is 9.67. The number of anilines is 2. The van der Waals surface area contributed by atoms with E-state index in [0.717, 1.165) is 0 Å². The minimum atomic E-state index is -0.600. The van der Waals surface area contributed by atoms with Gasteiger partial charge in [0.2, 0.25) is 0 Å². The van der Waals surface area contributed by atoms with Gasteiger partial charge in [-0.15, -0.1) is 0 Å². The molecule has 2 nitrogen and oxygen atoms in total.